The molecule has 0 unspecified atom stereocenters. The summed E-state index contributed by atoms with van der Waals surface area (Å²) in [5.41, 5.74) is 0.113. The lowest BCUT2D eigenvalue weighted by atomic mass is 9.75. The van der Waals surface area contributed by atoms with Crippen molar-refractivity contribution in [1.29, 1.82) is 0 Å². The fourth-order valence-electron chi connectivity index (χ4n) is 3.11. The topological polar surface area (TPSA) is 75.7 Å². The number of nitrogens with one attached hydrogen (secondary N) is 1. The smallest absolute Gasteiger partial charge is 0.408 e. The number of amides is 2. The Kier molecular flexibility index (Phi) is 6.40. The zero-order valence-corrected chi connectivity index (χ0v) is 15.8. The van der Waals surface area contributed by atoms with Crippen LogP contribution in [0.5, 0.6) is 0 Å². The maximum absolute atomic E-state index is 12.3. The molecule has 1 aliphatic rings. The van der Waals surface area contributed by atoms with Gasteiger partial charge in [-0.3, -0.25) is 4.79 Å². The molecule has 0 aromatic heterocycles. The van der Waals surface area contributed by atoms with Gasteiger partial charge in [-0.1, -0.05) is 30.3 Å². The molecule has 1 fully saturated rings. The first-order chi connectivity index (χ1) is 12.2. The Bertz CT molecular complexity index is 629. The lowest BCUT2D eigenvalue weighted by Gasteiger charge is -2.38. The Hall–Kier alpha value is -2.37. The average Bonchev–Trinajstić information content (AvgIpc) is 2.60. The largest absolute Gasteiger partial charge is 0.444 e. The minimum absolute atomic E-state index is 0.0955. The third-order valence-electron chi connectivity index (χ3n) is 4.54. The third-order valence-corrected chi connectivity index (χ3v) is 4.54. The number of rotatable bonds is 5. The van der Waals surface area contributed by atoms with E-state index in [-0.39, 0.29) is 12.5 Å². The molecular weight excluding hydrogens is 332 g/mol. The number of likely N-dealkylation sites (tertiary alicyclic amines) is 1. The van der Waals surface area contributed by atoms with Crippen molar-refractivity contribution in [3.63, 3.8) is 0 Å². The highest BCUT2D eigenvalue weighted by molar-refractivity contribution is 5.82. The van der Waals surface area contributed by atoms with Gasteiger partial charge < -0.3 is 19.7 Å². The molecule has 0 spiro atoms. The summed E-state index contributed by atoms with van der Waals surface area (Å²) in [6, 6.07) is 9.93. The van der Waals surface area contributed by atoms with E-state index in [1.807, 2.05) is 30.3 Å². The first kappa shape index (κ1) is 19.9. The van der Waals surface area contributed by atoms with Crippen LogP contribution in [0.3, 0.4) is 0 Å². The standard InChI is InChI=1S/C20H28N2O4/c1-19(2,3)26-18(25)21-14-17(24)22-11-9-20(15-23,10-12-22)13-16-7-5-4-6-8-16/h4-8,15H,9-14H2,1-3H3,(H,21,25). The Morgan fingerprint density at radius 2 is 1.81 bits per heavy atom. The summed E-state index contributed by atoms with van der Waals surface area (Å²) < 4.78 is 5.13. The number of hydrogen-bond acceptors (Lipinski definition) is 4. The molecule has 1 aliphatic heterocycles. The van der Waals surface area contributed by atoms with Crippen LogP contribution in [0.15, 0.2) is 30.3 Å². The number of carbonyl (C=O) groups excluding carboxylic acids is 3. The highest BCUT2D eigenvalue weighted by Crippen LogP contribution is 2.33. The van der Waals surface area contributed by atoms with Crippen molar-refractivity contribution in [2.24, 2.45) is 5.41 Å². The Labute approximate surface area is 154 Å². The van der Waals surface area contributed by atoms with Crippen LogP contribution in [-0.4, -0.2) is 48.4 Å². The summed E-state index contributed by atoms with van der Waals surface area (Å²) in [5, 5.41) is 2.49. The molecule has 6 heteroatoms. The van der Waals surface area contributed by atoms with Gasteiger partial charge in [0.2, 0.25) is 5.91 Å². The fraction of sp³-hybridized carbons (Fsp3) is 0.550. The molecule has 0 atom stereocenters. The number of hydrogen-bond donors (Lipinski definition) is 1. The summed E-state index contributed by atoms with van der Waals surface area (Å²) in [6.45, 7) is 6.24. The zero-order chi connectivity index (χ0) is 19.2. The minimum atomic E-state index is -0.603. The summed E-state index contributed by atoms with van der Waals surface area (Å²) in [4.78, 5) is 37.4. The van der Waals surface area contributed by atoms with Crippen molar-refractivity contribution in [2.45, 2.75) is 45.6 Å². The van der Waals surface area contributed by atoms with Crippen LogP contribution in [-0.2, 0) is 20.7 Å². The molecule has 1 aromatic rings. The van der Waals surface area contributed by atoms with E-state index in [9.17, 15) is 14.4 Å². The molecule has 6 nitrogen and oxygen atoms in total. The number of nitrogens with zero attached hydrogens (tertiary/aromatic N) is 1. The highest BCUT2D eigenvalue weighted by atomic mass is 16.6. The zero-order valence-electron chi connectivity index (χ0n) is 15.8. The van der Waals surface area contributed by atoms with E-state index < -0.39 is 17.1 Å². The van der Waals surface area contributed by atoms with Crippen molar-refractivity contribution in [3.05, 3.63) is 35.9 Å². The van der Waals surface area contributed by atoms with E-state index in [1.165, 1.54) is 0 Å². The monoisotopic (exact) mass is 360 g/mol. The summed E-state index contributed by atoms with van der Waals surface area (Å²) in [5.74, 6) is -0.157. The predicted octanol–water partition coefficient (Wildman–Crippen LogP) is 2.56. The van der Waals surface area contributed by atoms with Gasteiger partial charge in [-0.05, 0) is 45.6 Å². The molecule has 142 valence electrons. The molecule has 2 rings (SSSR count). The molecular formula is C20H28N2O4. The lowest BCUT2D eigenvalue weighted by Crippen LogP contribution is -2.48. The van der Waals surface area contributed by atoms with Gasteiger partial charge in [0.05, 0.1) is 0 Å². The van der Waals surface area contributed by atoms with Gasteiger partial charge in [-0.2, -0.15) is 0 Å². The van der Waals surface area contributed by atoms with Crippen LogP contribution < -0.4 is 5.32 Å². The Balaban J connectivity index is 1.83. The van der Waals surface area contributed by atoms with Crippen molar-refractivity contribution in [1.82, 2.24) is 10.2 Å². The van der Waals surface area contributed by atoms with Gasteiger partial charge in [0.15, 0.2) is 0 Å². The lowest BCUT2D eigenvalue weighted by molar-refractivity contribution is -0.134. The van der Waals surface area contributed by atoms with Crippen LogP contribution in [0, 0.1) is 5.41 Å². The number of benzene rings is 1. The first-order valence-corrected chi connectivity index (χ1v) is 8.98. The quantitative estimate of drug-likeness (QED) is 0.819. The Morgan fingerprint density at radius 1 is 1.19 bits per heavy atom. The number of ether oxygens (including phenoxy) is 1. The van der Waals surface area contributed by atoms with Gasteiger partial charge in [-0.25, -0.2) is 4.79 Å². The summed E-state index contributed by atoms with van der Waals surface area (Å²) in [7, 11) is 0. The summed E-state index contributed by atoms with van der Waals surface area (Å²) >= 11 is 0. The maximum Gasteiger partial charge on any atom is 0.408 e. The van der Waals surface area contributed by atoms with Crippen LogP contribution >= 0.6 is 0 Å². The summed E-state index contributed by atoms with van der Waals surface area (Å²) in [6.07, 6.45) is 2.39. The number of carbonyl (C=O) groups is 3. The number of aldehydes is 1. The minimum Gasteiger partial charge on any atom is -0.444 e. The molecule has 0 radical (unpaired) electrons. The molecule has 1 heterocycles. The van der Waals surface area contributed by atoms with E-state index >= 15 is 0 Å². The molecule has 1 N–H and O–H groups in total. The SMILES string of the molecule is CC(C)(C)OC(=O)NCC(=O)N1CCC(C=O)(Cc2ccccc2)CC1. The van der Waals surface area contributed by atoms with E-state index in [4.69, 9.17) is 4.74 Å². The fourth-order valence-corrected chi connectivity index (χ4v) is 3.11. The number of piperidine rings is 1. The van der Waals surface area contributed by atoms with Crippen LogP contribution in [0.2, 0.25) is 0 Å². The second-order valence-corrected chi connectivity index (χ2v) is 7.88. The van der Waals surface area contributed by atoms with E-state index in [2.05, 4.69) is 5.32 Å². The molecule has 26 heavy (non-hydrogen) atoms. The van der Waals surface area contributed by atoms with E-state index in [1.54, 1.807) is 25.7 Å². The number of alkyl carbamates (subject to hydrolysis) is 1. The molecule has 0 bridgehead atoms. The van der Waals surface area contributed by atoms with Crippen molar-refractivity contribution in [3.8, 4) is 0 Å². The molecule has 0 aliphatic carbocycles. The average molecular weight is 360 g/mol. The first-order valence-electron chi connectivity index (χ1n) is 8.98. The molecule has 0 saturated carbocycles. The van der Waals surface area contributed by atoms with Crippen molar-refractivity contribution >= 4 is 18.3 Å². The second kappa shape index (κ2) is 8.34. The van der Waals surface area contributed by atoms with Crippen LogP contribution in [0.1, 0.15) is 39.2 Å². The van der Waals surface area contributed by atoms with Crippen LogP contribution in [0.4, 0.5) is 4.79 Å². The van der Waals surface area contributed by atoms with Gasteiger partial charge >= 0.3 is 6.09 Å². The third kappa shape index (κ3) is 5.86. The Morgan fingerprint density at radius 3 is 2.35 bits per heavy atom. The highest BCUT2D eigenvalue weighted by Gasteiger charge is 2.36. The molecule has 2 amide bonds. The van der Waals surface area contributed by atoms with E-state index in [0.29, 0.717) is 32.4 Å². The molecule has 1 aromatic carbocycles. The maximum atomic E-state index is 12.3. The van der Waals surface area contributed by atoms with Gasteiger partial charge in [0, 0.05) is 18.5 Å². The van der Waals surface area contributed by atoms with E-state index in [0.717, 1.165) is 11.8 Å². The second-order valence-electron chi connectivity index (χ2n) is 7.88. The van der Waals surface area contributed by atoms with Gasteiger partial charge in [0.25, 0.3) is 0 Å². The normalized spacial score (nSPS) is 16.7. The van der Waals surface area contributed by atoms with Gasteiger partial charge in [-0.15, -0.1) is 0 Å². The van der Waals surface area contributed by atoms with Crippen molar-refractivity contribution < 1.29 is 19.1 Å². The van der Waals surface area contributed by atoms with Gasteiger partial charge in [0.1, 0.15) is 18.4 Å². The van der Waals surface area contributed by atoms with Crippen LogP contribution in [0.25, 0.3) is 0 Å². The molecule has 1 saturated heterocycles. The van der Waals surface area contributed by atoms with Crippen molar-refractivity contribution in [2.75, 3.05) is 19.6 Å². The predicted molar refractivity (Wildman–Crippen MR) is 98.7 cm³/mol.